The van der Waals surface area contributed by atoms with Crippen LogP contribution in [-0.2, 0) is 11.3 Å². The maximum Gasteiger partial charge on any atom is 0.233 e. The fourth-order valence-electron chi connectivity index (χ4n) is 1.69. The molecule has 5 nitrogen and oxygen atoms in total. The first kappa shape index (κ1) is 12.3. The summed E-state index contributed by atoms with van der Waals surface area (Å²) in [7, 11) is 1.63. The molecular weight excluding hydrogens is 228 g/mol. The third-order valence-corrected chi connectivity index (χ3v) is 2.62. The van der Waals surface area contributed by atoms with E-state index in [-0.39, 0.29) is 5.91 Å². The number of para-hydroxylation sites is 1. The topological polar surface area (TPSA) is 59.0 Å². The van der Waals surface area contributed by atoms with Crippen LogP contribution in [0.4, 0.5) is 0 Å². The minimum Gasteiger partial charge on any atom is -0.358 e. The van der Waals surface area contributed by atoms with Crippen LogP contribution < -0.4 is 10.6 Å². The van der Waals surface area contributed by atoms with E-state index in [9.17, 15) is 4.79 Å². The van der Waals surface area contributed by atoms with E-state index in [0.717, 1.165) is 11.3 Å². The molecule has 18 heavy (non-hydrogen) atoms. The van der Waals surface area contributed by atoms with Gasteiger partial charge in [0.1, 0.15) is 0 Å². The molecule has 0 saturated heterocycles. The molecule has 2 N–H and O–H groups in total. The molecule has 0 aliphatic rings. The van der Waals surface area contributed by atoms with E-state index >= 15 is 0 Å². The first-order valence-electron chi connectivity index (χ1n) is 5.80. The summed E-state index contributed by atoms with van der Waals surface area (Å²) in [6, 6.07) is 9.86. The minimum absolute atomic E-state index is 0.0217. The van der Waals surface area contributed by atoms with Gasteiger partial charge in [-0.25, -0.2) is 4.68 Å². The predicted molar refractivity (Wildman–Crippen MR) is 69.3 cm³/mol. The number of amides is 1. The lowest BCUT2D eigenvalue weighted by molar-refractivity contribution is -0.119. The summed E-state index contributed by atoms with van der Waals surface area (Å²) in [5, 5.41) is 9.89. The van der Waals surface area contributed by atoms with Gasteiger partial charge in [-0.05, 0) is 17.7 Å². The monoisotopic (exact) mass is 244 g/mol. The highest BCUT2D eigenvalue weighted by atomic mass is 16.1. The summed E-state index contributed by atoms with van der Waals surface area (Å²) in [6.45, 7) is 0.938. The molecule has 1 amide bonds. The predicted octanol–water partition coefficient (Wildman–Crippen LogP) is 0.708. The fourth-order valence-corrected chi connectivity index (χ4v) is 1.69. The molecule has 1 aromatic heterocycles. The number of rotatable bonds is 5. The van der Waals surface area contributed by atoms with Crippen molar-refractivity contribution in [2.45, 2.75) is 6.54 Å². The second-order valence-corrected chi connectivity index (χ2v) is 3.86. The number of aromatic nitrogens is 2. The zero-order valence-electron chi connectivity index (χ0n) is 10.3. The lowest BCUT2D eigenvalue weighted by Gasteiger charge is -2.10. The quantitative estimate of drug-likeness (QED) is 0.814. The Balaban J connectivity index is 2.07. The van der Waals surface area contributed by atoms with Gasteiger partial charge >= 0.3 is 0 Å². The van der Waals surface area contributed by atoms with Gasteiger partial charge in [0.05, 0.1) is 12.2 Å². The van der Waals surface area contributed by atoms with E-state index in [2.05, 4.69) is 15.7 Å². The zero-order chi connectivity index (χ0) is 12.8. The number of carbonyl (C=O) groups excluding carboxylic acids is 1. The van der Waals surface area contributed by atoms with Crippen LogP contribution >= 0.6 is 0 Å². The summed E-state index contributed by atoms with van der Waals surface area (Å²) in [6.07, 6.45) is 3.65. The maximum absolute atomic E-state index is 11.1. The summed E-state index contributed by atoms with van der Waals surface area (Å²) in [5.41, 5.74) is 2.12. The van der Waals surface area contributed by atoms with Gasteiger partial charge in [-0.15, -0.1) is 0 Å². The van der Waals surface area contributed by atoms with Crippen LogP contribution in [0.3, 0.4) is 0 Å². The number of nitrogens with one attached hydrogen (secondary N) is 2. The van der Waals surface area contributed by atoms with Crippen molar-refractivity contribution in [3.8, 4) is 5.69 Å². The van der Waals surface area contributed by atoms with Crippen molar-refractivity contribution in [1.82, 2.24) is 20.4 Å². The van der Waals surface area contributed by atoms with Crippen LogP contribution in [0.5, 0.6) is 0 Å². The van der Waals surface area contributed by atoms with Crippen molar-refractivity contribution in [2.24, 2.45) is 0 Å². The summed E-state index contributed by atoms with van der Waals surface area (Å²) in [4.78, 5) is 11.1. The Hall–Kier alpha value is -2.14. The lowest BCUT2D eigenvalue weighted by atomic mass is 10.2. The Morgan fingerprint density at radius 1 is 1.33 bits per heavy atom. The number of nitrogens with zero attached hydrogens (tertiary/aromatic N) is 2. The van der Waals surface area contributed by atoms with Gasteiger partial charge in [-0.2, -0.15) is 5.10 Å². The molecule has 0 spiro atoms. The van der Waals surface area contributed by atoms with Gasteiger partial charge in [0.15, 0.2) is 0 Å². The standard InChI is InChI=1S/C13H16N4O/c1-14-13(18)10-15-9-11-5-2-3-6-12(11)17-8-4-7-16-17/h2-8,15H,9-10H2,1H3,(H,14,18). The molecule has 1 aromatic carbocycles. The van der Waals surface area contributed by atoms with E-state index in [1.54, 1.807) is 13.2 Å². The van der Waals surface area contributed by atoms with Crippen LogP contribution in [0.15, 0.2) is 42.7 Å². The molecule has 0 fully saturated rings. The molecule has 0 aliphatic carbocycles. The van der Waals surface area contributed by atoms with Crippen molar-refractivity contribution in [2.75, 3.05) is 13.6 Å². The summed E-state index contributed by atoms with van der Waals surface area (Å²) >= 11 is 0. The molecule has 0 atom stereocenters. The van der Waals surface area contributed by atoms with Crippen molar-refractivity contribution in [3.63, 3.8) is 0 Å². The van der Waals surface area contributed by atoms with Gasteiger partial charge < -0.3 is 10.6 Å². The highest BCUT2D eigenvalue weighted by molar-refractivity contribution is 5.77. The molecule has 0 bridgehead atoms. The Morgan fingerprint density at radius 3 is 2.89 bits per heavy atom. The third-order valence-electron chi connectivity index (χ3n) is 2.62. The largest absolute Gasteiger partial charge is 0.358 e. The minimum atomic E-state index is -0.0217. The van der Waals surface area contributed by atoms with Crippen molar-refractivity contribution in [3.05, 3.63) is 48.3 Å². The smallest absolute Gasteiger partial charge is 0.233 e. The van der Waals surface area contributed by atoms with E-state index in [4.69, 9.17) is 0 Å². The second-order valence-electron chi connectivity index (χ2n) is 3.86. The highest BCUT2D eigenvalue weighted by Crippen LogP contribution is 2.12. The average molecular weight is 244 g/mol. The van der Waals surface area contributed by atoms with Gasteiger partial charge in [0, 0.05) is 26.0 Å². The van der Waals surface area contributed by atoms with Crippen molar-refractivity contribution >= 4 is 5.91 Å². The second kappa shape index (κ2) is 5.97. The summed E-state index contributed by atoms with van der Waals surface area (Å²) in [5.74, 6) is -0.0217. The molecule has 0 unspecified atom stereocenters. The van der Waals surface area contributed by atoms with Gasteiger partial charge in [0.25, 0.3) is 0 Å². The number of benzene rings is 1. The molecule has 5 heteroatoms. The number of hydrogen-bond acceptors (Lipinski definition) is 3. The molecule has 2 aromatic rings. The molecular formula is C13H16N4O. The van der Waals surface area contributed by atoms with E-state index in [0.29, 0.717) is 13.1 Å². The van der Waals surface area contributed by atoms with Gasteiger partial charge in [-0.3, -0.25) is 4.79 Å². The average Bonchev–Trinajstić information content (AvgIpc) is 2.93. The van der Waals surface area contributed by atoms with Gasteiger partial charge in [-0.1, -0.05) is 18.2 Å². The molecule has 2 rings (SSSR count). The maximum atomic E-state index is 11.1. The lowest BCUT2D eigenvalue weighted by Crippen LogP contribution is -2.31. The van der Waals surface area contributed by atoms with E-state index in [1.165, 1.54) is 0 Å². The Bertz CT molecular complexity index is 507. The van der Waals surface area contributed by atoms with Crippen LogP contribution in [0.25, 0.3) is 5.69 Å². The molecule has 0 saturated carbocycles. The van der Waals surface area contributed by atoms with Crippen LogP contribution in [-0.4, -0.2) is 29.3 Å². The number of hydrogen-bond donors (Lipinski definition) is 2. The Kier molecular flexibility index (Phi) is 4.09. The van der Waals surface area contributed by atoms with Crippen molar-refractivity contribution in [1.29, 1.82) is 0 Å². The van der Waals surface area contributed by atoms with E-state index < -0.39 is 0 Å². The fraction of sp³-hybridized carbons (Fsp3) is 0.231. The van der Waals surface area contributed by atoms with Crippen LogP contribution in [0.1, 0.15) is 5.56 Å². The third kappa shape index (κ3) is 2.95. The highest BCUT2D eigenvalue weighted by Gasteiger charge is 2.04. The first-order valence-corrected chi connectivity index (χ1v) is 5.80. The first-order chi connectivity index (χ1) is 8.81. The van der Waals surface area contributed by atoms with Crippen molar-refractivity contribution < 1.29 is 4.79 Å². The van der Waals surface area contributed by atoms with Crippen LogP contribution in [0.2, 0.25) is 0 Å². The molecule has 1 heterocycles. The summed E-state index contributed by atoms with van der Waals surface area (Å²) < 4.78 is 1.82. The number of carbonyl (C=O) groups is 1. The SMILES string of the molecule is CNC(=O)CNCc1ccccc1-n1cccn1. The number of likely N-dealkylation sites (N-methyl/N-ethyl adjacent to an activating group) is 1. The molecule has 94 valence electrons. The molecule has 0 aliphatic heterocycles. The molecule has 0 radical (unpaired) electrons. The van der Waals surface area contributed by atoms with E-state index in [1.807, 2.05) is 41.2 Å². The zero-order valence-corrected chi connectivity index (χ0v) is 10.3. The van der Waals surface area contributed by atoms with Gasteiger partial charge in [0.2, 0.25) is 5.91 Å². The normalized spacial score (nSPS) is 10.3. The van der Waals surface area contributed by atoms with Crippen LogP contribution in [0, 0.1) is 0 Å². The Labute approximate surface area is 106 Å². The Morgan fingerprint density at radius 2 is 2.17 bits per heavy atom.